The quantitative estimate of drug-likeness (QED) is 0.188. The lowest BCUT2D eigenvalue weighted by molar-refractivity contribution is 0.0963. The third-order valence-electron chi connectivity index (χ3n) is 7.10. The van der Waals surface area contributed by atoms with Gasteiger partial charge in [0.1, 0.15) is 0 Å². The van der Waals surface area contributed by atoms with Gasteiger partial charge in [0, 0.05) is 49.2 Å². The zero-order valence-electron chi connectivity index (χ0n) is 22.1. The Bertz CT molecular complexity index is 1650. The maximum absolute atomic E-state index is 12.7. The summed E-state index contributed by atoms with van der Waals surface area (Å²) in [7, 11) is 1.57. The minimum absolute atomic E-state index is 0.0989. The standard InChI is InChI=1S/C31H33N5O3/c1-20(16-33-17-21-7-4-3-5-8-21)26-18-34-27-12-11-22(14-25(26)27)15-28-30(38)36(31(39)35-28)19-23-9-6-10-24(13-23)29(37)32-2/h3-14,18,20,33-34,38H,15-17,19H2,1-2H3,(H,32,37)(H,35,39). The maximum atomic E-state index is 12.7. The van der Waals surface area contributed by atoms with Gasteiger partial charge in [0.2, 0.25) is 5.88 Å². The highest BCUT2D eigenvalue weighted by atomic mass is 16.3. The molecular weight excluding hydrogens is 490 g/mol. The highest BCUT2D eigenvalue weighted by molar-refractivity contribution is 5.94. The highest BCUT2D eigenvalue weighted by Gasteiger charge is 2.16. The molecule has 0 aliphatic rings. The number of nitrogens with zero attached hydrogens (tertiary/aromatic N) is 1. The van der Waals surface area contributed by atoms with Crippen LogP contribution < -0.4 is 16.3 Å². The zero-order chi connectivity index (χ0) is 27.4. The molecule has 2 heterocycles. The SMILES string of the molecule is CNC(=O)c1cccc(Cn2c(O)c(Cc3ccc4[nH]cc(C(C)CNCc5ccccc5)c4c3)[nH]c2=O)c1. The first-order valence-electron chi connectivity index (χ1n) is 13.1. The Morgan fingerprint density at radius 1 is 1.00 bits per heavy atom. The zero-order valence-corrected chi connectivity index (χ0v) is 22.1. The molecule has 0 saturated carbocycles. The van der Waals surface area contributed by atoms with E-state index in [4.69, 9.17) is 0 Å². The van der Waals surface area contributed by atoms with Crippen LogP contribution in [-0.4, -0.2) is 39.1 Å². The molecule has 0 spiro atoms. The van der Waals surface area contributed by atoms with E-state index in [0.29, 0.717) is 17.7 Å². The molecule has 0 aliphatic heterocycles. The van der Waals surface area contributed by atoms with Crippen molar-refractivity contribution < 1.29 is 9.90 Å². The normalized spacial score (nSPS) is 12.1. The van der Waals surface area contributed by atoms with Crippen LogP contribution in [0.1, 0.15) is 51.1 Å². The number of imidazole rings is 1. The summed E-state index contributed by atoms with van der Waals surface area (Å²) in [6, 6.07) is 23.5. The number of amides is 1. The molecule has 0 fully saturated rings. The number of carbonyl (C=O) groups is 1. The van der Waals surface area contributed by atoms with Gasteiger partial charge in [0.15, 0.2) is 0 Å². The number of fused-ring (bicyclic) bond motifs is 1. The van der Waals surface area contributed by atoms with Gasteiger partial charge >= 0.3 is 5.69 Å². The van der Waals surface area contributed by atoms with E-state index < -0.39 is 5.69 Å². The molecule has 1 unspecified atom stereocenters. The van der Waals surface area contributed by atoms with Gasteiger partial charge in [-0.15, -0.1) is 0 Å². The van der Waals surface area contributed by atoms with Crippen molar-refractivity contribution in [3.05, 3.63) is 123 Å². The van der Waals surface area contributed by atoms with Crippen LogP contribution in [0.25, 0.3) is 10.9 Å². The van der Waals surface area contributed by atoms with E-state index in [2.05, 4.69) is 51.9 Å². The van der Waals surface area contributed by atoms with Crippen molar-refractivity contribution in [2.45, 2.75) is 32.4 Å². The minimum Gasteiger partial charge on any atom is -0.493 e. The fourth-order valence-corrected chi connectivity index (χ4v) is 4.97. The maximum Gasteiger partial charge on any atom is 0.328 e. The molecule has 8 heteroatoms. The van der Waals surface area contributed by atoms with Gasteiger partial charge in [-0.1, -0.05) is 55.5 Å². The second-order valence-electron chi connectivity index (χ2n) is 9.92. The first kappa shape index (κ1) is 26.1. The molecule has 1 atom stereocenters. The number of aromatic nitrogens is 3. The summed E-state index contributed by atoms with van der Waals surface area (Å²) < 4.78 is 1.29. The second-order valence-corrected chi connectivity index (χ2v) is 9.92. The number of rotatable bonds is 10. The number of benzene rings is 3. The first-order valence-corrected chi connectivity index (χ1v) is 13.1. The molecule has 1 amide bonds. The molecule has 0 saturated heterocycles. The van der Waals surface area contributed by atoms with E-state index in [1.54, 1.807) is 25.2 Å². The van der Waals surface area contributed by atoms with Crippen LogP contribution in [0.3, 0.4) is 0 Å². The smallest absolute Gasteiger partial charge is 0.328 e. The van der Waals surface area contributed by atoms with E-state index in [9.17, 15) is 14.7 Å². The van der Waals surface area contributed by atoms with Crippen molar-refractivity contribution in [3.8, 4) is 5.88 Å². The van der Waals surface area contributed by atoms with Crippen LogP contribution in [0.15, 0.2) is 83.8 Å². The van der Waals surface area contributed by atoms with E-state index in [-0.39, 0.29) is 24.2 Å². The molecule has 200 valence electrons. The van der Waals surface area contributed by atoms with Gasteiger partial charge in [0.05, 0.1) is 12.2 Å². The van der Waals surface area contributed by atoms with E-state index in [1.165, 1.54) is 15.7 Å². The van der Waals surface area contributed by atoms with Crippen molar-refractivity contribution >= 4 is 16.8 Å². The van der Waals surface area contributed by atoms with Crippen LogP contribution in [0.5, 0.6) is 5.88 Å². The molecule has 8 nitrogen and oxygen atoms in total. The number of aromatic amines is 2. The molecule has 0 aliphatic carbocycles. The number of H-pyrrole nitrogens is 2. The number of hydrogen-bond donors (Lipinski definition) is 5. The summed E-state index contributed by atoms with van der Waals surface area (Å²) >= 11 is 0. The lowest BCUT2D eigenvalue weighted by Gasteiger charge is -2.13. The topological polar surface area (TPSA) is 115 Å². The van der Waals surface area contributed by atoms with Crippen LogP contribution >= 0.6 is 0 Å². The Hall–Kier alpha value is -4.56. The number of carbonyl (C=O) groups excluding carboxylic acids is 1. The fourth-order valence-electron chi connectivity index (χ4n) is 4.97. The minimum atomic E-state index is -0.394. The lowest BCUT2D eigenvalue weighted by Crippen LogP contribution is -2.19. The van der Waals surface area contributed by atoms with E-state index in [0.717, 1.165) is 35.1 Å². The van der Waals surface area contributed by atoms with Crippen molar-refractivity contribution in [2.75, 3.05) is 13.6 Å². The molecule has 39 heavy (non-hydrogen) atoms. The molecule has 0 radical (unpaired) electrons. The molecule has 3 aromatic carbocycles. The van der Waals surface area contributed by atoms with Crippen LogP contribution in [-0.2, 0) is 19.5 Å². The molecule has 5 rings (SSSR count). The molecule has 2 aromatic heterocycles. The van der Waals surface area contributed by atoms with Crippen molar-refractivity contribution in [1.82, 2.24) is 25.2 Å². The molecule has 5 aromatic rings. The number of nitrogens with one attached hydrogen (secondary N) is 4. The van der Waals surface area contributed by atoms with Crippen molar-refractivity contribution in [1.29, 1.82) is 0 Å². The summed E-state index contributed by atoms with van der Waals surface area (Å²) in [5.74, 6) is -0.0141. The van der Waals surface area contributed by atoms with Gasteiger partial charge in [-0.05, 0) is 52.4 Å². The van der Waals surface area contributed by atoms with E-state index in [1.807, 2.05) is 36.4 Å². The monoisotopic (exact) mass is 523 g/mol. The molecular formula is C31H33N5O3. The van der Waals surface area contributed by atoms with Crippen molar-refractivity contribution in [2.24, 2.45) is 0 Å². The third-order valence-corrected chi connectivity index (χ3v) is 7.10. The fraction of sp³-hybridized carbons (Fsp3) is 0.226. The van der Waals surface area contributed by atoms with Gasteiger partial charge in [0.25, 0.3) is 5.91 Å². The first-order chi connectivity index (χ1) is 18.9. The number of aromatic hydroxyl groups is 1. The Morgan fingerprint density at radius 3 is 2.59 bits per heavy atom. The predicted octanol–water partition coefficient (Wildman–Crippen LogP) is 4.26. The van der Waals surface area contributed by atoms with Gasteiger partial charge < -0.3 is 25.7 Å². The Morgan fingerprint density at radius 2 is 1.79 bits per heavy atom. The average Bonchev–Trinajstić information content (AvgIpc) is 3.49. The summed E-state index contributed by atoms with van der Waals surface area (Å²) in [4.78, 5) is 30.9. The molecule has 0 bridgehead atoms. The predicted molar refractivity (Wildman–Crippen MR) is 153 cm³/mol. The van der Waals surface area contributed by atoms with E-state index >= 15 is 0 Å². The largest absolute Gasteiger partial charge is 0.493 e. The van der Waals surface area contributed by atoms with Gasteiger partial charge in [-0.3, -0.25) is 9.36 Å². The summed E-state index contributed by atoms with van der Waals surface area (Å²) in [5.41, 5.74) is 5.81. The van der Waals surface area contributed by atoms with Crippen LogP contribution in [0.4, 0.5) is 0 Å². The van der Waals surface area contributed by atoms with Crippen molar-refractivity contribution in [3.63, 3.8) is 0 Å². The van der Waals surface area contributed by atoms with Crippen LogP contribution in [0, 0.1) is 0 Å². The van der Waals surface area contributed by atoms with Crippen LogP contribution in [0.2, 0.25) is 0 Å². The second kappa shape index (κ2) is 11.4. The Labute approximate surface area is 226 Å². The molecule has 5 N–H and O–H groups in total. The van der Waals surface area contributed by atoms with Gasteiger partial charge in [-0.2, -0.15) is 0 Å². The Balaban J connectivity index is 1.31. The lowest BCUT2D eigenvalue weighted by atomic mass is 9.98. The summed E-state index contributed by atoms with van der Waals surface area (Å²) in [6.07, 6.45) is 2.44. The highest BCUT2D eigenvalue weighted by Crippen LogP contribution is 2.28. The average molecular weight is 524 g/mol. The summed E-state index contributed by atoms with van der Waals surface area (Å²) in [6.45, 7) is 4.01. The summed E-state index contributed by atoms with van der Waals surface area (Å²) in [5, 5.41) is 18.2. The number of hydrogen-bond acceptors (Lipinski definition) is 4. The van der Waals surface area contributed by atoms with Gasteiger partial charge in [-0.25, -0.2) is 4.79 Å². The third kappa shape index (κ3) is 5.81. The Kier molecular flexibility index (Phi) is 7.65.